The first-order valence-electron chi connectivity index (χ1n) is 8.24. The summed E-state index contributed by atoms with van der Waals surface area (Å²) in [5, 5.41) is 0. The third-order valence-corrected chi connectivity index (χ3v) is 4.46. The van der Waals surface area contributed by atoms with Crippen molar-refractivity contribution < 1.29 is 4.79 Å². The van der Waals surface area contributed by atoms with Crippen molar-refractivity contribution in [1.82, 2.24) is 4.57 Å². The molecule has 0 saturated carbocycles. The van der Waals surface area contributed by atoms with E-state index in [0.717, 1.165) is 35.5 Å². The van der Waals surface area contributed by atoms with Crippen LogP contribution in [0.15, 0.2) is 60.7 Å². The first-order chi connectivity index (χ1) is 11.6. The molecule has 3 rings (SSSR count). The van der Waals surface area contributed by atoms with Gasteiger partial charge in [-0.3, -0.25) is 4.79 Å². The van der Waals surface area contributed by atoms with Crippen molar-refractivity contribution in [2.75, 3.05) is 0 Å². The van der Waals surface area contributed by atoms with Gasteiger partial charge in [0.05, 0.1) is 5.56 Å². The van der Waals surface area contributed by atoms with Gasteiger partial charge in [-0.2, -0.15) is 0 Å². The molecule has 0 saturated heterocycles. The summed E-state index contributed by atoms with van der Waals surface area (Å²) in [6.07, 6.45) is 0.838. The molecule has 0 fully saturated rings. The number of amides is 1. The Morgan fingerprint density at radius 1 is 1.00 bits per heavy atom. The number of primary amides is 1. The Hall–Kier alpha value is -2.81. The molecule has 122 valence electrons. The van der Waals surface area contributed by atoms with Gasteiger partial charge in [0.15, 0.2) is 0 Å². The summed E-state index contributed by atoms with van der Waals surface area (Å²) < 4.78 is 2.22. The summed E-state index contributed by atoms with van der Waals surface area (Å²) in [6, 6.07) is 20.3. The van der Waals surface area contributed by atoms with Crippen molar-refractivity contribution in [2.24, 2.45) is 5.73 Å². The summed E-state index contributed by atoms with van der Waals surface area (Å²) in [7, 11) is 0. The first kappa shape index (κ1) is 16.1. The van der Waals surface area contributed by atoms with Crippen LogP contribution in [0.3, 0.4) is 0 Å². The van der Waals surface area contributed by atoms with Gasteiger partial charge >= 0.3 is 0 Å². The number of hydrogen-bond acceptors (Lipinski definition) is 1. The standard InChI is InChI=1S/C21H22N2O/c1-3-18-20(17-12-8-5-9-13-17)19(21(22)24)15(2)23(18)14-16-10-6-4-7-11-16/h4-13H,3,14H2,1-2H3,(H2,22,24). The van der Waals surface area contributed by atoms with Crippen LogP contribution in [0.5, 0.6) is 0 Å². The number of carbonyl (C=O) groups is 1. The second kappa shape index (κ2) is 6.75. The quantitative estimate of drug-likeness (QED) is 0.754. The Bertz CT molecular complexity index is 849. The first-order valence-corrected chi connectivity index (χ1v) is 8.24. The van der Waals surface area contributed by atoms with E-state index in [2.05, 4.69) is 23.6 Å². The van der Waals surface area contributed by atoms with E-state index in [1.807, 2.05) is 55.5 Å². The fraction of sp³-hybridized carbons (Fsp3) is 0.190. The molecule has 1 heterocycles. The summed E-state index contributed by atoms with van der Waals surface area (Å²) in [5.74, 6) is -0.368. The average molecular weight is 318 g/mol. The van der Waals surface area contributed by atoms with E-state index in [1.165, 1.54) is 5.56 Å². The molecule has 0 radical (unpaired) electrons. The van der Waals surface area contributed by atoms with Gasteiger partial charge in [0.2, 0.25) is 0 Å². The molecule has 0 unspecified atom stereocenters. The van der Waals surface area contributed by atoms with Crippen molar-refractivity contribution in [2.45, 2.75) is 26.8 Å². The van der Waals surface area contributed by atoms with Gasteiger partial charge < -0.3 is 10.3 Å². The number of rotatable bonds is 5. The Kier molecular flexibility index (Phi) is 4.52. The van der Waals surface area contributed by atoms with Crippen LogP contribution in [-0.4, -0.2) is 10.5 Å². The van der Waals surface area contributed by atoms with Gasteiger partial charge in [0.1, 0.15) is 0 Å². The average Bonchev–Trinajstić information content (AvgIpc) is 2.89. The van der Waals surface area contributed by atoms with Crippen LogP contribution in [0, 0.1) is 6.92 Å². The predicted molar refractivity (Wildman–Crippen MR) is 98.0 cm³/mol. The minimum Gasteiger partial charge on any atom is -0.366 e. The number of hydrogen-bond donors (Lipinski definition) is 1. The lowest BCUT2D eigenvalue weighted by atomic mass is 9.99. The Morgan fingerprint density at radius 2 is 1.58 bits per heavy atom. The van der Waals surface area contributed by atoms with Crippen molar-refractivity contribution in [3.8, 4) is 11.1 Å². The maximum Gasteiger partial charge on any atom is 0.251 e. The lowest BCUT2D eigenvalue weighted by Gasteiger charge is -2.12. The maximum atomic E-state index is 12.2. The number of nitrogens with zero attached hydrogens (tertiary/aromatic N) is 1. The molecule has 0 aliphatic rings. The molecule has 0 bridgehead atoms. The van der Waals surface area contributed by atoms with Crippen LogP contribution in [0.4, 0.5) is 0 Å². The second-order valence-corrected chi connectivity index (χ2v) is 5.94. The molecule has 0 spiro atoms. The van der Waals surface area contributed by atoms with E-state index in [-0.39, 0.29) is 5.91 Å². The van der Waals surface area contributed by atoms with Gasteiger partial charge in [0, 0.05) is 23.5 Å². The second-order valence-electron chi connectivity index (χ2n) is 5.94. The lowest BCUT2D eigenvalue weighted by Crippen LogP contribution is -2.13. The van der Waals surface area contributed by atoms with Crippen LogP contribution in [0.1, 0.15) is 34.2 Å². The number of carbonyl (C=O) groups excluding carboxylic acids is 1. The zero-order valence-electron chi connectivity index (χ0n) is 14.1. The van der Waals surface area contributed by atoms with E-state index in [0.29, 0.717) is 5.56 Å². The number of nitrogens with two attached hydrogens (primary N) is 1. The van der Waals surface area contributed by atoms with Crippen LogP contribution in [0.25, 0.3) is 11.1 Å². The summed E-state index contributed by atoms with van der Waals surface area (Å²) >= 11 is 0. The maximum absolute atomic E-state index is 12.2. The highest BCUT2D eigenvalue weighted by atomic mass is 16.1. The minimum atomic E-state index is -0.368. The molecule has 0 aliphatic carbocycles. The molecule has 1 aromatic heterocycles. The molecule has 2 aromatic carbocycles. The number of aromatic nitrogens is 1. The van der Waals surface area contributed by atoms with Gasteiger partial charge in [0.25, 0.3) is 5.91 Å². The minimum absolute atomic E-state index is 0.368. The fourth-order valence-corrected chi connectivity index (χ4v) is 3.36. The molecule has 0 aliphatic heterocycles. The van der Waals surface area contributed by atoms with E-state index in [4.69, 9.17) is 5.73 Å². The molecule has 0 atom stereocenters. The third-order valence-electron chi connectivity index (χ3n) is 4.46. The number of benzene rings is 2. The molecule has 1 amide bonds. The zero-order chi connectivity index (χ0) is 17.1. The summed E-state index contributed by atoms with van der Waals surface area (Å²) in [4.78, 5) is 12.2. The third kappa shape index (κ3) is 2.85. The summed E-state index contributed by atoms with van der Waals surface area (Å²) in [6.45, 7) is 4.84. The van der Waals surface area contributed by atoms with Crippen molar-refractivity contribution >= 4 is 5.91 Å². The Labute approximate surface area is 142 Å². The van der Waals surface area contributed by atoms with Crippen LogP contribution >= 0.6 is 0 Å². The normalized spacial score (nSPS) is 10.8. The Balaban J connectivity index is 2.22. The highest BCUT2D eigenvalue weighted by Crippen LogP contribution is 2.33. The van der Waals surface area contributed by atoms with Gasteiger partial charge in [-0.25, -0.2) is 0 Å². The largest absolute Gasteiger partial charge is 0.366 e. The van der Waals surface area contributed by atoms with Crippen LogP contribution < -0.4 is 5.73 Å². The van der Waals surface area contributed by atoms with Gasteiger partial charge in [-0.05, 0) is 24.5 Å². The van der Waals surface area contributed by atoms with Gasteiger partial charge in [-0.15, -0.1) is 0 Å². The highest BCUT2D eigenvalue weighted by Gasteiger charge is 2.23. The van der Waals surface area contributed by atoms with Crippen LogP contribution in [-0.2, 0) is 13.0 Å². The van der Waals surface area contributed by atoms with E-state index in [1.54, 1.807) is 0 Å². The fourth-order valence-electron chi connectivity index (χ4n) is 3.36. The van der Waals surface area contributed by atoms with Crippen molar-refractivity contribution in [1.29, 1.82) is 0 Å². The van der Waals surface area contributed by atoms with E-state index < -0.39 is 0 Å². The van der Waals surface area contributed by atoms with Gasteiger partial charge in [-0.1, -0.05) is 67.6 Å². The zero-order valence-corrected chi connectivity index (χ0v) is 14.1. The Morgan fingerprint density at radius 3 is 2.12 bits per heavy atom. The molecular formula is C21H22N2O. The smallest absolute Gasteiger partial charge is 0.251 e. The van der Waals surface area contributed by atoms with E-state index >= 15 is 0 Å². The summed E-state index contributed by atoms with van der Waals surface area (Å²) in [5.41, 5.74) is 11.7. The SMILES string of the molecule is CCc1c(-c2ccccc2)c(C(N)=O)c(C)n1Cc1ccccc1. The molecule has 3 heteroatoms. The molecular weight excluding hydrogens is 296 g/mol. The molecule has 2 N–H and O–H groups in total. The van der Waals surface area contributed by atoms with Crippen molar-refractivity contribution in [3.63, 3.8) is 0 Å². The molecule has 24 heavy (non-hydrogen) atoms. The monoisotopic (exact) mass is 318 g/mol. The molecule has 3 nitrogen and oxygen atoms in total. The van der Waals surface area contributed by atoms with Crippen LogP contribution in [0.2, 0.25) is 0 Å². The predicted octanol–water partition coefficient (Wildman–Crippen LogP) is 4.17. The van der Waals surface area contributed by atoms with Crippen molar-refractivity contribution in [3.05, 3.63) is 83.2 Å². The molecule has 3 aromatic rings. The highest BCUT2D eigenvalue weighted by molar-refractivity contribution is 6.02. The lowest BCUT2D eigenvalue weighted by molar-refractivity contribution is 0.1000. The van der Waals surface area contributed by atoms with E-state index in [9.17, 15) is 4.79 Å². The topological polar surface area (TPSA) is 48.0 Å².